The van der Waals surface area contributed by atoms with Gasteiger partial charge < -0.3 is 9.84 Å². The number of carbonyl (C=O) groups excluding carboxylic acids is 1. The quantitative estimate of drug-likeness (QED) is 0.872. The Labute approximate surface area is 109 Å². The number of carbonyl (C=O) groups is 1. The van der Waals surface area contributed by atoms with Gasteiger partial charge in [0.15, 0.2) is 15.8 Å². The van der Waals surface area contributed by atoms with Gasteiger partial charge in [0.2, 0.25) is 0 Å². The van der Waals surface area contributed by atoms with Crippen LogP contribution in [0.2, 0.25) is 4.47 Å². The van der Waals surface area contributed by atoms with Gasteiger partial charge in [0.1, 0.15) is 0 Å². The molecule has 1 atom stereocenters. The van der Waals surface area contributed by atoms with Crippen molar-refractivity contribution in [3.63, 3.8) is 0 Å². The molecule has 0 aromatic carbocycles. The van der Waals surface area contributed by atoms with Crippen molar-refractivity contribution in [3.05, 3.63) is 15.0 Å². The van der Waals surface area contributed by atoms with Gasteiger partial charge in [0, 0.05) is 0 Å². The minimum Gasteiger partial charge on any atom is -0.464 e. The second-order valence-corrected chi connectivity index (χ2v) is 5.02. The Morgan fingerprint density at radius 3 is 2.56 bits per heavy atom. The van der Waals surface area contributed by atoms with Crippen LogP contribution in [0.5, 0.6) is 0 Å². The molecule has 1 rings (SSSR count). The molecular weight excluding hydrogens is 295 g/mol. The van der Waals surface area contributed by atoms with Crippen LogP contribution in [0.4, 0.5) is 13.2 Å². The average Bonchev–Trinajstić information content (AvgIpc) is 2.60. The molecule has 0 amide bonds. The molecule has 102 valence electrons. The number of ether oxygens (including phenoxy) is 1. The zero-order valence-corrected chi connectivity index (χ0v) is 10.9. The van der Waals surface area contributed by atoms with E-state index in [1.807, 2.05) is 0 Å². The number of thiazole rings is 1. The fourth-order valence-corrected chi connectivity index (χ4v) is 2.34. The van der Waals surface area contributed by atoms with Gasteiger partial charge in [-0.1, -0.05) is 11.6 Å². The van der Waals surface area contributed by atoms with Crippen LogP contribution in [0, 0.1) is 0 Å². The maximum atomic E-state index is 12.7. The van der Waals surface area contributed by atoms with Crippen LogP contribution in [0.25, 0.3) is 0 Å². The summed E-state index contributed by atoms with van der Waals surface area (Å²) in [7, 11) is 0. The molecule has 1 N–H and O–H groups in total. The van der Waals surface area contributed by atoms with Crippen molar-refractivity contribution in [2.75, 3.05) is 6.61 Å². The number of hydrogen-bond acceptors (Lipinski definition) is 5. The van der Waals surface area contributed by atoms with Gasteiger partial charge in [0.05, 0.1) is 11.5 Å². The molecule has 18 heavy (non-hydrogen) atoms. The molecule has 0 saturated carbocycles. The summed E-state index contributed by atoms with van der Waals surface area (Å²) < 4.78 is 42.1. The van der Waals surface area contributed by atoms with Crippen molar-refractivity contribution < 1.29 is 27.8 Å². The third kappa shape index (κ3) is 2.93. The highest BCUT2D eigenvalue weighted by Crippen LogP contribution is 2.41. The summed E-state index contributed by atoms with van der Waals surface area (Å²) in [4.78, 5) is 13.8. The summed E-state index contributed by atoms with van der Waals surface area (Å²) in [6.45, 7) is 2.31. The lowest BCUT2D eigenvalue weighted by molar-refractivity contribution is -0.166. The van der Waals surface area contributed by atoms with Crippen LogP contribution >= 0.6 is 22.9 Å². The number of aromatic nitrogens is 1. The predicted molar refractivity (Wildman–Crippen MR) is 58.3 cm³/mol. The highest BCUT2D eigenvalue weighted by molar-refractivity contribution is 7.16. The van der Waals surface area contributed by atoms with Crippen molar-refractivity contribution >= 4 is 28.9 Å². The SMILES string of the molecule is CCOC(=O)C(C)(O)c1sc(Cl)nc1C(F)(F)F. The Balaban J connectivity index is 3.28. The van der Waals surface area contributed by atoms with Crippen LogP contribution in [0.15, 0.2) is 0 Å². The molecule has 1 unspecified atom stereocenters. The van der Waals surface area contributed by atoms with Gasteiger partial charge in [-0.2, -0.15) is 13.2 Å². The highest BCUT2D eigenvalue weighted by atomic mass is 35.5. The van der Waals surface area contributed by atoms with Crippen LogP contribution in [-0.2, 0) is 21.3 Å². The van der Waals surface area contributed by atoms with E-state index in [9.17, 15) is 23.1 Å². The number of nitrogens with zero attached hydrogens (tertiary/aromatic N) is 1. The third-order valence-electron chi connectivity index (χ3n) is 1.98. The lowest BCUT2D eigenvalue weighted by atomic mass is 10.0. The van der Waals surface area contributed by atoms with Gasteiger partial charge in [0.25, 0.3) is 0 Å². The number of rotatable bonds is 3. The lowest BCUT2D eigenvalue weighted by Crippen LogP contribution is -2.35. The second kappa shape index (κ2) is 5.02. The monoisotopic (exact) mass is 303 g/mol. The first-order chi connectivity index (χ1) is 8.10. The highest BCUT2D eigenvalue weighted by Gasteiger charge is 2.46. The number of halogens is 4. The summed E-state index contributed by atoms with van der Waals surface area (Å²) in [6.07, 6.45) is -4.81. The topological polar surface area (TPSA) is 59.4 Å². The summed E-state index contributed by atoms with van der Waals surface area (Å²) in [5, 5.41) is 9.88. The zero-order chi connectivity index (χ0) is 14.1. The molecule has 9 heteroatoms. The summed E-state index contributed by atoms with van der Waals surface area (Å²) in [5.41, 5.74) is -3.82. The van der Waals surface area contributed by atoms with E-state index in [2.05, 4.69) is 9.72 Å². The van der Waals surface area contributed by atoms with Gasteiger partial charge in [-0.05, 0) is 13.8 Å². The molecule has 0 fully saturated rings. The maximum absolute atomic E-state index is 12.7. The molecule has 1 aromatic heterocycles. The molecule has 0 aliphatic heterocycles. The van der Waals surface area contributed by atoms with Gasteiger partial charge in [-0.15, -0.1) is 11.3 Å². The Bertz CT molecular complexity index is 458. The van der Waals surface area contributed by atoms with E-state index in [0.717, 1.165) is 6.92 Å². The molecular formula is C9H9ClF3NO3S. The molecule has 0 spiro atoms. The van der Waals surface area contributed by atoms with E-state index < -0.39 is 32.8 Å². The minimum absolute atomic E-state index is 0.0666. The van der Waals surface area contributed by atoms with E-state index in [0.29, 0.717) is 11.3 Å². The maximum Gasteiger partial charge on any atom is 0.434 e. The van der Waals surface area contributed by atoms with Crippen molar-refractivity contribution in [1.82, 2.24) is 4.98 Å². The van der Waals surface area contributed by atoms with Crippen molar-refractivity contribution in [1.29, 1.82) is 0 Å². The molecule has 0 saturated heterocycles. The lowest BCUT2D eigenvalue weighted by Gasteiger charge is -2.21. The van der Waals surface area contributed by atoms with E-state index in [1.165, 1.54) is 6.92 Å². The van der Waals surface area contributed by atoms with Crippen LogP contribution in [-0.4, -0.2) is 22.7 Å². The Kier molecular flexibility index (Phi) is 4.24. The molecule has 0 bridgehead atoms. The Morgan fingerprint density at radius 1 is 1.56 bits per heavy atom. The normalized spacial score (nSPS) is 15.3. The van der Waals surface area contributed by atoms with Crippen molar-refractivity contribution in [2.45, 2.75) is 25.6 Å². The van der Waals surface area contributed by atoms with Gasteiger partial charge in [-0.3, -0.25) is 0 Å². The van der Waals surface area contributed by atoms with Crippen LogP contribution in [0.1, 0.15) is 24.4 Å². The van der Waals surface area contributed by atoms with E-state index in [-0.39, 0.29) is 6.61 Å². The summed E-state index contributed by atoms with van der Waals surface area (Å²) in [5.74, 6) is -1.18. The first-order valence-electron chi connectivity index (χ1n) is 4.74. The predicted octanol–water partition coefficient (Wildman–Crippen LogP) is 2.59. The standard InChI is InChI=1S/C9H9ClF3NO3S/c1-3-17-6(15)8(2,16)5-4(9(11,12)13)14-7(10)18-5/h16H,3H2,1-2H3. The Hall–Kier alpha value is -0.860. The average molecular weight is 304 g/mol. The van der Waals surface area contributed by atoms with E-state index >= 15 is 0 Å². The smallest absolute Gasteiger partial charge is 0.434 e. The fourth-order valence-electron chi connectivity index (χ4n) is 1.18. The first-order valence-corrected chi connectivity index (χ1v) is 5.93. The van der Waals surface area contributed by atoms with E-state index in [1.54, 1.807) is 0 Å². The van der Waals surface area contributed by atoms with E-state index in [4.69, 9.17) is 11.6 Å². The molecule has 0 aliphatic carbocycles. The summed E-state index contributed by atoms with van der Waals surface area (Å²) >= 11 is 5.79. The first kappa shape index (κ1) is 15.2. The van der Waals surface area contributed by atoms with Crippen LogP contribution in [0.3, 0.4) is 0 Å². The minimum atomic E-state index is -4.81. The Morgan fingerprint density at radius 2 is 2.11 bits per heavy atom. The second-order valence-electron chi connectivity index (χ2n) is 3.43. The largest absolute Gasteiger partial charge is 0.464 e. The van der Waals surface area contributed by atoms with Gasteiger partial charge >= 0.3 is 12.1 Å². The van der Waals surface area contributed by atoms with Crippen LogP contribution < -0.4 is 0 Å². The third-order valence-corrected chi connectivity index (χ3v) is 3.36. The zero-order valence-electron chi connectivity index (χ0n) is 9.34. The molecule has 4 nitrogen and oxygen atoms in total. The number of hydrogen-bond donors (Lipinski definition) is 1. The molecule has 1 aromatic rings. The van der Waals surface area contributed by atoms with Crippen molar-refractivity contribution in [2.24, 2.45) is 0 Å². The fraction of sp³-hybridized carbons (Fsp3) is 0.556. The number of esters is 1. The number of aliphatic hydroxyl groups is 1. The summed E-state index contributed by atoms with van der Waals surface area (Å²) in [6, 6.07) is 0. The molecule has 0 aliphatic rings. The van der Waals surface area contributed by atoms with Gasteiger partial charge in [-0.25, -0.2) is 9.78 Å². The van der Waals surface area contributed by atoms with Crippen molar-refractivity contribution in [3.8, 4) is 0 Å². The molecule has 0 radical (unpaired) electrons. The number of alkyl halides is 3. The molecule has 1 heterocycles.